The second kappa shape index (κ2) is 2.45. The minimum Gasteiger partial charge on any atom is -0.206 e. The molecule has 1 nitrogen and oxygen atoms in total. The zero-order valence-corrected chi connectivity index (χ0v) is 4.89. The molecule has 0 radical (unpaired) electrons. The summed E-state index contributed by atoms with van der Waals surface area (Å²) in [4.78, 5) is 0. The molecule has 0 heterocycles. The monoisotopic (exact) mass is 123 g/mol. The summed E-state index contributed by atoms with van der Waals surface area (Å²) < 4.78 is 12.4. The van der Waals surface area contributed by atoms with Gasteiger partial charge in [-0.1, -0.05) is 6.08 Å². The van der Waals surface area contributed by atoms with E-state index < -0.39 is 0 Å². The average Bonchev–Trinajstić information content (AvgIpc) is 1.89. The van der Waals surface area contributed by atoms with Crippen molar-refractivity contribution in [1.29, 1.82) is 5.26 Å². The molecule has 0 N–H and O–H groups in total. The third-order valence-electron chi connectivity index (χ3n) is 1.22. The molecule has 1 rings (SSSR count). The molecule has 0 amide bonds. The maximum absolute atomic E-state index is 12.4. The number of hydrogen-bond acceptors (Lipinski definition) is 1. The highest BCUT2D eigenvalue weighted by Crippen LogP contribution is 2.17. The van der Waals surface area contributed by atoms with Crippen molar-refractivity contribution in [3.05, 3.63) is 23.6 Å². The highest BCUT2D eigenvalue weighted by molar-refractivity contribution is 5.39. The number of nitriles is 1. The van der Waals surface area contributed by atoms with Gasteiger partial charge in [0.15, 0.2) is 0 Å². The minimum absolute atomic E-state index is 0.182. The van der Waals surface area contributed by atoms with E-state index in [9.17, 15) is 4.39 Å². The van der Waals surface area contributed by atoms with Crippen LogP contribution in [0.15, 0.2) is 23.6 Å². The van der Waals surface area contributed by atoms with E-state index in [0.717, 1.165) is 12.8 Å². The second-order valence-corrected chi connectivity index (χ2v) is 1.86. The molecule has 9 heavy (non-hydrogen) atoms. The summed E-state index contributed by atoms with van der Waals surface area (Å²) in [6.45, 7) is 0. The van der Waals surface area contributed by atoms with Crippen LogP contribution in [-0.4, -0.2) is 0 Å². The van der Waals surface area contributed by atoms with Crippen LogP contribution in [0.25, 0.3) is 0 Å². The number of allylic oxidation sites excluding steroid dienone is 4. The maximum Gasteiger partial charge on any atom is 0.136 e. The molecular formula is C7H6FN. The van der Waals surface area contributed by atoms with Crippen molar-refractivity contribution >= 4 is 0 Å². The summed E-state index contributed by atoms with van der Waals surface area (Å²) >= 11 is 0. The van der Waals surface area contributed by atoms with Crippen molar-refractivity contribution in [2.75, 3.05) is 0 Å². The van der Waals surface area contributed by atoms with Gasteiger partial charge in [-0.3, -0.25) is 0 Å². The van der Waals surface area contributed by atoms with Gasteiger partial charge in [0.2, 0.25) is 0 Å². The summed E-state index contributed by atoms with van der Waals surface area (Å²) in [5.74, 6) is -0.372. The van der Waals surface area contributed by atoms with Gasteiger partial charge in [0.25, 0.3) is 0 Å². The smallest absolute Gasteiger partial charge is 0.136 e. The van der Waals surface area contributed by atoms with Gasteiger partial charge in [0, 0.05) is 0 Å². The topological polar surface area (TPSA) is 23.8 Å². The first kappa shape index (κ1) is 6.03. The van der Waals surface area contributed by atoms with Crippen LogP contribution in [0.1, 0.15) is 12.8 Å². The Morgan fingerprint density at radius 3 is 2.56 bits per heavy atom. The molecule has 0 unspecified atom stereocenters. The Labute approximate surface area is 53.1 Å². The predicted octanol–water partition coefficient (Wildman–Crippen LogP) is 2.08. The molecule has 0 aromatic carbocycles. The molecule has 0 bridgehead atoms. The van der Waals surface area contributed by atoms with Crippen LogP contribution >= 0.6 is 0 Å². The largest absolute Gasteiger partial charge is 0.206 e. The van der Waals surface area contributed by atoms with Crippen LogP contribution in [0.2, 0.25) is 0 Å². The van der Waals surface area contributed by atoms with Gasteiger partial charge in [0.1, 0.15) is 11.9 Å². The number of rotatable bonds is 0. The Balaban J connectivity index is 2.83. The summed E-state index contributed by atoms with van der Waals surface area (Å²) in [5, 5.41) is 8.26. The Bertz CT molecular complexity index is 207. The van der Waals surface area contributed by atoms with E-state index in [1.54, 1.807) is 12.1 Å². The summed E-state index contributed by atoms with van der Waals surface area (Å²) in [5.41, 5.74) is 0.182. The van der Waals surface area contributed by atoms with Crippen molar-refractivity contribution in [3.8, 4) is 6.07 Å². The first-order chi connectivity index (χ1) is 4.34. The third kappa shape index (κ3) is 1.17. The highest BCUT2D eigenvalue weighted by atomic mass is 19.1. The zero-order chi connectivity index (χ0) is 6.69. The standard InChI is InChI=1S/C7H6FN/c8-7-4-2-1-3-6(7)5-9/h3-4H,1-2H2. The normalized spacial score (nSPS) is 17.8. The number of halogens is 1. The molecule has 0 aliphatic heterocycles. The van der Waals surface area contributed by atoms with E-state index in [1.165, 1.54) is 6.08 Å². The van der Waals surface area contributed by atoms with Crippen molar-refractivity contribution in [3.63, 3.8) is 0 Å². The SMILES string of the molecule is N#CC1=CCCC=C1F. The highest BCUT2D eigenvalue weighted by Gasteiger charge is 2.05. The molecule has 0 saturated carbocycles. The van der Waals surface area contributed by atoms with Crippen molar-refractivity contribution in [2.45, 2.75) is 12.8 Å². The lowest BCUT2D eigenvalue weighted by molar-refractivity contribution is 0.643. The fraction of sp³-hybridized carbons (Fsp3) is 0.286. The molecule has 0 fully saturated rings. The van der Waals surface area contributed by atoms with E-state index >= 15 is 0 Å². The van der Waals surface area contributed by atoms with Gasteiger partial charge >= 0.3 is 0 Å². The van der Waals surface area contributed by atoms with Crippen molar-refractivity contribution in [2.24, 2.45) is 0 Å². The summed E-state index contributed by atoms with van der Waals surface area (Å²) in [6.07, 6.45) is 4.57. The molecule has 1 aliphatic carbocycles. The molecular weight excluding hydrogens is 117 g/mol. The Morgan fingerprint density at radius 2 is 2.11 bits per heavy atom. The molecule has 0 atom stereocenters. The zero-order valence-electron chi connectivity index (χ0n) is 4.89. The molecule has 0 aromatic rings. The fourth-order valence-corrected chi connectivity index (χ4v) is 0.744. The van der Waals surface area contributed by atoms with E-state index in [-0.39, 0.29) is 11.4 Å². The number of hydrogen-bond donors (Lipinski definition) is 0. The molecule has 46 valence electrons. The lowest BCUT2D eigenvalue weighted by atomic mass is 10.1. The van der Waals surface area contributed by atoms with Crippen LogP contribution < -0.4 is 0 Å². The van der Waals surface area contributed by atoms with E-state index in [2.05, 4.69) is 0 Å². The van der Waals surface area contributed by atoms with E-state index in [0.29, 0.717) is 0 Å². The van der Waals surface area contributed by atoms with Crippen LogP contribution in [0, 0.1) is 11.3 Å². The first-order valence-electron chi connectivity index (χ1n) is 2.81. The first-order valence-corrected chi connectivity index (χ1v) is 2.81. The van der Waals surface area contributed by atoms with Crippen LogP contribution in [0.5, 0.6) is 0 Å². The van der Waals surface area contributed by atoms with Crippen molar-refractivity contribution in [1.82, 2.24) is 0 Å². The number of nitrogens with zero attached hydrogens (tertiary/aromatic N) is 1. The van der Waals surface area contributed by atoms with Gasteiger partial charge in [-0.2, -0.15) is 5.26 Å². The van der Waals surface area contributed by atoms with Crippen molar-refractivity contribution < 1.29 is 4.39 Å². The van der Waals surface area contributed by atoms with Gasteiger partial charge in [0.05, 0.1) is 5.57 Å². The lowest BCUT2D eigenvalue weighted by Gasteiger charge is -1.99. The van der Waals surface area contributed by atoms with Gasteiger partial charge < -0.3 is 0 Å². The van der Waals surface area contributed by atoms with Gasteiger partial charge in [-0.15, -0.1) is 0 Å². The van der Waals surface area contributed by atoms with Crippen LogP contribution in [0.4, 0.5) is 4.39 Å². The molecule has 0 saturated heterocycles. The minimum atomic E-state index is -0.372. The van der Waals surface area contributed by atoms with E-state index in [4.69, 9.17) is 5.26 Å². The molecule has 0 aromatic heterocycles. The summed E-state index contributed by atoms with van der Waals surface area (Å²) in [6, 6.07) is 1.77. The Kier molecular flexibility index (Phi) is 1.64. The van der Waals surface area contributed by atoms with Gasteiger partial charge in [-0.25, -0.2) is 4.39 Å². The summed E-state index contributed by atoms with van der Waals surface area (Å²) in [7, 11) is 0. The quantitative estimate of drug-likeness (QED) is 0.483. The third-order valence-corrected chi connectivity index (χ3v) is 1.22. The van der Waals surface area contributed by atoms with E-state index in [1.807, 2.05) is 0 Å². The molecule has 2 heteroatoms. The van der Waals surface area contributed by atoms with Crippen LogP contribution in [0.3, 0.4) is 0 Å². The Hall–Kier alpha value is -1.10. The van der Waals surface area contributed by atoms with Gasteiger partial charge in [-0.05, 0) is 18.9 Å². The fourth-order valence-electron chi connectivity index (χ4n) is 0.744. The predicted molar refractivity (Wildman–Crippen MR) is 32.1 cm³/mol. The molecule has 1 aliphatic rings. The molecule has 0 spiro atoms. The second-order valence-electron chi connectivity index (χ2n) is 1.86. The Morgan fingerprint density at radius 1 is 1.44 bits per heavy atom. The average molecular weight is 123 g/mol. The van der Waals surface area contributed by atoms with Crippen LogP contribution in [-0.2, 0) is 0 Å². The maximum atomic E-state index is 12.4. The lowest BCUT2D eigenvalue weighted by Crippen LogP contribution is -1.86.